The van der Waals surface area contributed by atoms with Gasteiger partial charge >= 0.3 is 0 Å². The molecule has 180 valence electrons. The fourth-order valence-corrected chi connectivity index (χ4v) is 5.16. The number of hydrogen-bond acceptors (Lipinski definition) is 7. The number of nitrogens with zero attached hydrogens (tertiary/aromatic N) is 3. The van der Waals surface area contributed by atoms with Crippen molar-refractivity contribution in [2.24, 2.45) is 0 Å². The summed E-state index contributed by atoms with van der Waals surface area (Å²) >= 11 is 1.36. The van der Waals surface area contributed by atoms with Crippen molar-refractivity contribution in [1.82, 2.24) is 14.8 Å². The molecule has 8 nitrogen and oxygen atoms in total. The Morgan fingerprint density at radius 3 is 2.72 bits per heavy atom. The Kier molecular flexibility index (Phi) is 5.90. The Labute approximate surface area is 211 Å². The van der Waals surface area contributed by atoms with Crippen molar-refractivity contribution in [2.75, 3.05) is 17.9 Å². The fourth-order valence-electron chi connectivity index (χ4n) is 4.33. The van der Waals surface area contributed by atoms with Crippen LogP contribution in [0.2, 0.25) is 0 Å². The predicted molar refractivity (Wildman–Crippen MR) is 136 cm³/mol. The van der Waals surface area contributed by atoms with Crippen LogP contribution in [0.25, 0.3) is 11.4 Å². The van der Waals surface area contributed by atoms with E-state index in [9.17, 15) is 9.59 Å². The Balaban J connectivity index is 1.25. The summed E-state index contributed by atoms with van der Waals surface area (Å²) in [6, 6.07) is 21.2. The number of rotatable bonds is 7. The molecule has 0 fully saturated rings. The minimum absolute atomic E-state index is 0.00130. The summed E-state index contributed by atoms with van der Waals surface area (Å²) in [4.78, 5) is 24.7. The molecule has 0 unspecified atom stereocenters. The molecule has 3 heterocycles. The zero-order valence-corrected chi connectivity index (χ0v) is 20.1. The van der Waals surface area contributed by atoms with Gasteiger partial charge in [0.15, 0.2) is 28.3 Å². The number of Topliss-reactive ketones (excluding diaryl/α,β-unsaturated/α-hetero) is 1. The number of anilines is 1. The SMILES string of the molecule is O=C1CCc2cc(C(=O)CSc3nnc(-c4ccccc4)n3Cc3ccc4c(c3)OCO4)ccc2N1. The number of thioether (sulfide) groups is 1. The predicted octanol–water partition coefficient (Wildman–Crippen LogP) is 4.58. The summed E-state index contributed by atoms with van der Waals surface area (Å²) in [7, 11) is 0. The third-order valence-electron chi connectivity index (χ3n) is 6.18. The van der Waals surface area contributed by atoms with Crippen molar-refractivity contribution >= 4 is 29.1 Å². The van der Waals surface area contributed by atoms with Gasteiger partial charge in [0.05, 0.1) is 12.3 Å². The van der Waals surface area contributed by atoms with Crippen molar-refractivity contribution < 1.29 is 19.1 Å². The molecule has 4 aromatic rings. The Morgan fingerprint density at radius 2 is 1.83 bits per heavy atom. The van der Waals surface area contributed by atoms with Gasteiger partial charge in [-0.05, 0) is 47.9 Å². The van der Waals surface area contributed by atoms with E-state index in [0.29, 0.717) is 30.1 Å². The number of ketones is 1. The first-order chi connectivity index (χ1) is 17.6. The summed E-state index contributed by atoms with van der Waals surface area (Å²) in [6.07, 6.45) is 1.07. The maximum absolute atomic E-state index is 13.0. The molecule has 1 aromatic heterocycles. The number of nitrogens with one attached hydrogen (secondary N) is 1. The summed E-state index contributed by atoms with van der Waals surface area (Å²) in [6.45, 7) is 0.738. The van der Waals surface area contributed by atoms with E-state index in [1.807, 2.05) is 59.2 Å². The second-order valence-corrected chi connectivity index (χ2v) is 9.52. The normalized spacial score (nSPS) is 13.8. The second-order valence-electron chi connectivity index (χ2n) is 8.58. The third-order valence-corrected chi connectivity index (χ3v) is 7.15. The fraction of sp³-hybridized carbons (Fsp3) is 0.185. The highest BCUT2D eigenvalue weighted by Crippen LogP contribution is 2.34. The zero-order chi connectivity index (χ0) is 24.5. The number of benzene rings is 3. The molecule has 2 aliphatic rings. The molecule has 0 atom stereocenters. The van der Waals surface area contributed by atoms with Gasteiger partial charge < -0.3 is 14.8 Å². The van der Waals surface area contributed by atoms with Crippen LogP contribution in [0.3, 0.4) is 0 Å². The van der Waals surface area contributed by atoms with Gasteiger partial charge in [0.25, 0.3) is 0 Å². The largest absolute Gasteiger partial charge is 0.454 e. The molecule has 6 rings (SSSR count). The number of hydrogen-bond donors (Lipinski definition) is 1. The van der Waals surface area contributed by atoms with Gasteiger partial charge in [0.2, 0.25) is 12.7 Å². The van der Waals surface area contributed by atoms with Gasteiger partial charge in [-0.15, -0.1) is 10.2 Å². The standard InChI is InChI=1S/C27H22N4O4S/c32-22(20-7-9-21-19(13-20)8-11-25(33)28-21)15-36-27-30-29-26(18-4-2-1-3-5-18)31(27)14-17-6-10-23-24(12-17)35-16-34-23/h1-7,9-10,12-13H,8,11,14-16H2,(H,28,33). The molecule has 0 saturated carbocycles. The summed E-state index contributed by atoms with van der Waals surface area (Å²) in [5.41, 5.74) is 4.36. The van der Waals surface area contributed by atoms with Gasteiger partial charge in [0.1, 0.15) is 0 Å². The molecular weight excluding hydrogens is 476 g/mol. The van der Waals surface area contributed by atoms with Crippen molar-refractivity contribution in [1.29, 1.82) is 0 Å². The minimum atomic E-state index is -0.00130. The van der Waals surface area contributed by atoms with Crippen LogP contribution in [0, 0.1) is 0 Å². The highest BCUT2D eigenvalue weighted by molar-refractivity contribution is 7.99. The van der Waals surface area contributed by atoms with E-state index >= 15 is 0 Å². The molecule has 0 bridgehead atoms. The van der Waals surface area contributed by atoms with Crippen molar-refractivity contribution in [3.05, 3.63) is 83.4 Å². The number of carbonyl (C=O) groups is 2. The van der Waals surface area contributed by atoms with E-state index in [2.05, 4.69) is 15.5 Å². The number of aromatic nitrogens is 3. The molecule has 0 aliphatic carbocycles. The quantitative estimate of drug-likeness (QED) is 0.294. The van der Waals surface area contributed by atoms with Crippen LogP contribution in [-0.2, 0) is 17.8 Å². The molecule has 3 aromatic carbocycles. The highest BCUT2D eigenvalue weighted by Gasteiger charge is 2.20. The average Bonchev–Trinajstić information content (AvgIpc) is 3.54. The van der Waals surface area contributed by atoms with E-state index in [-0.39, 0.29) is 24.2 Å². The van der Waals surface area contributed by atoms with Crippen molar-refractivity contribution in [3.63, 3.8) is 0 Å². The van der Waals surface area contributed by atoms with E-state index in [0.717, 1.165) is 39.7 Å². The zero-order valence-electron chi connectivity index (χ0n) is 19.3. The van der Waals surface area contributed by atoms with E-state index in [4.69, 9.17) is 9.47 Å². The van der Waals surface area contributed by atoms with Gasteiger partial charge in [-0.1, -0.05) is 48.2 Å². The van der Waals surface area contributed by atoms with Crippen LogP contribution in [0.4, 0.5) is 5.69 Å². The number of ether oxygens (including phenoxy) is 2. The van der Waals surface area contributed by atoms with Crippen LogP contribution in [-0.4, -0.2) is 39.0 Å². The Bertz CT molecular complexity index is 1470. The monoisotopic (exact) mass is 498 g/mol. The lowest BCUT2D eigenvalue weighted by atomic mass is 9.99. The maximum atomic E-state index is 13.0. The number of fused-ring (bicyclic) bond motifs is 2. The third kappa shape index (κ3) is 4.45. The van der Waals surface area contributed by atoms with Crippen LogP contribution in [0.15, 0.2) is 71.9 Å². The molecule has 0 spiro atoms. The number of amides is 1. The summed E-state index contributed by atoms with van der Waals surface area (Å²) in [5, 5.41) is 12.4. The smallest absolute Gasteiger partial charge is 0.231 e. The van der Waals surface area contributed by atoms with E-state index < -0.39 is 0 Å². The highest BCUT2D eigenvalue weighted by atomic mass is 32.2. The number of aryl methyl sites for hydroxylation is 1. The maximum Gasteiger partial charge on any atom is 0.231 e. The molecule has 36 heavy (non-hydrogen) atoms. The molecule has 1 amide bonds. The van der Waals surface area contributed by atoms with Crippen molar-refractivity contribution in [3.8, 4) is 22.9 Å². The molecule has 0 saturated heterocycles. The first-order valence-electron chi connectivity index (χ1n) is 11.6. The Hall–Kier alpha value is -4.11. The topological polar surface area (TPSA) is 95.3 Å². The molecule has 2 aliphatic heterocycles. The molecule has 1 N–H and O–H groups in total. The van der Waals surface area contributed by atoms with Crippen LogP contribution >= 0.6 is 11.8 Å². The van der Waals surface area contributed by atoms with E-state index in [1.54, 1.807) is 12.1 Å². The lowest BCUT2D eigenvalue weighted by molar-refractivity contribution is -0.116. The first kappa shape index (κ1) is 22.4. The average molecular weight is 499 g/mol. The number of carbonyl (C=O) groups excluding carboxylic acids is 2. The van der Waals surface area contributed by atoms with Crippen LogP contribution in [0.1, 0.15) is 27.9 Å². The second kappa shape index (κ2) is 9.50. The van der Waals surface area contributed by atoms with Crippen LogP contribution < -0.4 is 14.8 Å². The van der Waals surface area contributed by atoms with Gasteiger partial charge in [-0.2, -0.15) is 0 Å². The van der Waals surface area contributed by atoms with Crippen molar-refractivity contribution in [2.45, 2.75) is 24.5 Å². The van der Waals surface area contributed by atoms with Gasteiger partial charge in [-0.3, -0.25) is 14.2 Å². The minimum Gasteiger partial charge on any atom is -0.454 e. The first-order valence-corrected chi connectivity index (χ1v) is 12.6. The molecular formula is C27H22N4O4S. The van der Waals surface area contributed by atoms with Crippen LogP contribution in [0.5, 0.6) is 11.5 Å². The van der Waals surface area contributed by atoms with Gasteiger partial charge in [-0.25, -0.2) is 0 Å². The molecule has 0 radical (unpaired) electrons. The summed E-state index contributed by atoms with van der Waals surface area (Å²) < 4.78 is 13.0. The molecule has 9 heteroatoms. The van der Waals surface area contributed by atoms with Gasteiger partial charge in [0, 0.05) is 23.2 Å². The Morgan fingerprint density at radius 1 is 0.972 bits per heavy atom. The lowest BCUT2D eigenvalue weighted by Gasteiger charge is -2.17. The van der Waals surface area contributed by atoms with E-state index in [1.165, 1.54) is 11.8 Å². The summed E-state index contributed by atoms with van der Waals surface area (Å²) in [5.74, 6) is 2.41. The lowest BCUT2D eigenvalue weighted by Crippen LogP contribution is -2.19.